The zero-order valence-electron chi connectivity index (χ0n) is 10.7. The molecule has 0 unspecified atom stereocenters. The van der Waals surface area contributed by atoms with Crippen molar-refractivity contribution in [2.45, 2.75) is 27.3 Å². The van der Waals surface area contributed by atoms with E-state index >= 15 is 0 Å². The molecule has 0 aliphatic heterocycles. The van der Waals surface area contributed by atoms with E-state index in [1.807, 2.05) is 0 Å². The van der Waals surface area contributed by atoms with Crippen molar-refractivity contribution in [3.63, 3.8) is 0 Å². The lowest BCUT2D eigenvalue weighted by Gasteiger charge is -1.99. The second-order valence-electron chi connectivity index (χ2n) is 3.58. The molecule has 1 nitrogen and oxygen atoms in total. The minimum atomic E-state index is 0. The Morgan fingerprint density at radius 1 is 1.25 bits per heavy atom. The van der Waals surface area contributed by atoms with Crippen molar-refractivity contribution in [2.75, 3.05) is 6.54 Å². The second kappa shape index (κ2) is 9.58. The van der Waals surface area contributed by atoms with Crippen molar-refractivity contribution in [1.29, 1.82) is 0 Å². The van der Waals surface area contributed by atoms with Crippen molar-refractivity contribution in [2.24, 2.45) is 0 Å². The summed E-state index contributed by atoms with van der Waals surface area (Å²) >= 11 is 0. The van der Waals surface area contributed by atoms with E-state index in [1.165, 1.54) is 11.1 Å². The maximum absolute atomic E-state index is 2.30. The Morgan fingerprint density at radius 3 is 2.25 bits per heavy atom. The van der Waals surface area contributed by atoms with E-state index in [0.29, 0.717) is 0 Å². The SMILES string of the molecule is CC=[N+](C[CH+]C)Cc1ccc(C)cc1.[CH3+].[I-]. The maximum Gasteiger partial charge on any atom is 0.273 e. The van der Waals surface area contributed by atoms with Gasteiger partial charge >= 0.3 is 0 Å². The van der Waals surface area contributed by atoms with Crippen molar-refractivity contribution >= 4 is 6.21 Å². The topological polar surface area (TPSA) is 3.01 Å². The normalized spacial score (nSPS) is 10.1. The van der Waals surface area contributed by atoms with Crippen molar-refractivity contribution in [3.05, 3.63) is 49.2 Å². The lowest BCUT2D eigenvalue weighted by atomic mass is 10.1. The third kappa shape index (κ3) is 6.05. The second-order valence-corrected chi connectivity index (χ2v) is 3.58. The Bertz CT molecular complexity index is 301. The Hall–Kier alpha value is -0.640. The van der Waals surface area contributed by atoms with Crippen LogP contribution in [0.3, 0.4) is 0 Å². The fraction of sp³-hybridized carbons (Fsp3) is 0.357. The first-order chi connectivity index (χ1) is 6.76. The fourth-order valence-electron chi connectivity index (χ4n) is 1.42. The van der Waals surface area contributed by atoms with Gasteiger partial charge in [0, 0.05) is 19.9 Å². The van der Waals surface area contributed by atoms with Gasteiger partial charge in [-0.2, -0.15) is 4.58 Å². The molecule has 0 aliphatic rings. The maximum atomic E-state index is 2.30. The quantitative estimate of drug-likeness (QED) is 0.323. The lowest BCUT2D eigenvalue weighted by Crippen LogP contribution is -3.00. The van der Waals surface area contributed by atoms with E-state index in [-0.39, 0.29) is 31.4 Å². The summed E-state index contributed by atoms with van der Waals surface area (Å²) in [7, 11) is 0. The van der Waals surface area contributed by atoms with Gasteiger partial charge in [0.25, 0.3) is 6.54 Å². The van der Waals surface area contributed by atoms with Gasteiger partial charge in [-0.1, -0.05) is 29.8 Å². The van der Waals surface area contributed by atoms with E-state index in [1.54, 1.807) is 0 Å². The van der Waals surface area contributed by atoms with Crippen molar-refractivity contribution in [3.8, 4) is 0 Å². The van der Waals surface area contributed by atoms with Gasteiger partial charge in [0.2, 0.25) is 0 Å². The van der Waals surface area contributed by atoms with Crippen LogP contribution < -0.4 is 24.0 Å². The third-order valence-electron chi connectivity index (χ3n) is 2.29. The summed E-state index contributed by atoms with van der Waals surface area (Å²) in [6, 6.07) is 8.72. The number of rotatable bonds is 4. The molecule has 0 spiro atoms. The molecular formula is C14H22IN+2. The summed E-state index contributed by atoms with van der Waals surface area (Å²) in [5.41, 5.74) is 2.69. The van der Waals surface area contributed by atoms with Crippen LogP contribution in [0, 0.1) is 20.8 Å². The average molecular weight is 331 g/mol. The van der Waals surface area contributed by atoms with Crippen LogP contribution in [0.1, 0.15) is 25.0 Å². The van der Waals surface area contributed by atoms with Gasteiger partial charge in [-0.25, -0.2) is 0 Å². The van der Waals surface area contributed by atoms with E-state index in [4.69, 9.17) is 0 Å². The number of benzene rings is 1. The Kier molecular flexibility index (Phi) is 10.6. The van der Waals surface area contributed by atoms with Crippen LogP contribution in [-0.4, -0.2) is 17.3 Å². The number of aryl methyl sites for hydroxylation is 1. The standard InChI is InChI=1S/C13H19N.CH3.HI/c1-4-10-14(5-2)11-13-8-6-12(3)7-9-13;;/h4-9H,10-11H2,1-3H3;1H3;1H/q+2;+1;/p-1. The molecule has 2 heteroatoms. The fourth-order valence-corrected chi connectivity index (χ4v) is 1.42. The van der Waals surface area contributed by atoms with E-state index in [9.17, 15) is 0 Å². The van der Waals surface area contributed by atoms with Crippen molar-refractivity contribution in [1.82, 2.24) is 0 Å². The molecule has 0 fully saturated rings. The Balaban J connectivity index is 0. The summed E-state index contributed by atoms with van der Waals surface area (Å²) in [6.45, 7) is 8.31. The smallest absolute Gasteiger partial charge is 0.273 e. The van der Waals surface area contributed by atoms with Gasteiger partial charge in [-0.15, -0.1) is 0 Å². The minimum absolute atomic E-state index is 0. The highest BCUT2D eigenvalue weighted by Crippen LogP contribution is 2.04. The molecule has 88 valence electrons. The molecule has 1 aromatic rings. The predicted molar refractivity (Wildman–Crippen MR) is 68.1 cm³/mol. The number of halogens is 1. The van der Waals surface area contributed by atoms with Gasteiger partial charge in [0.05, 0.1) is 6.92 Å². The molecule has 0 saturated carbocycles. The molecule has 0 bridgehead atoms. The van der Waals surface area contributed by atoms with Gasteiger partial charge in [-0.05, 0) is 6.92 Å². The van der Waals surface area contributed by atoms with Crippen LogP contribution in [0.25, 0.3) is 0 Å². The summed E-state index contributed by atoms with van der Waals surface area (Å²) in [4.78, 5) is 0. The van der Waals surface area contributed by atoms with Gasteiger partial charge in [-0.3, -0.25) is 0 Å². The number of hydrogen-bond acceptors (Lipinski definition) is 0. The first-order valence-electron chi connectivity index (χ1n) is 5.13. The summed E-state index contributed by atoms with van der Waals surface area (Å²) < 4.78 is 2.30. The van der Waals surface area contributed by atoms with E-state index in [2.05, 4.69) is 62.2 Å². The average Bonchev–Trinajstić information content (AvgIpc) is 2.20. The van der Waals surface area contributed by atoms with Crippen LogP contribution in [0.15, 0.2) is 24.3 Å². The molecule has 0 aromatic heterocycles. The summed E-state index contributed by atoms with van der Waals surface area (Å²) in [6.07, 6.45) is 4.31. The minimum Gasteiger partial charge on any atom is -1.00 e. The van der Waals surface area contributed by atoms with Crippen molar-refractivity contribution < 1.29 is 28.6 Å². The predicted octanol–water partition coefficient (Wildman–Crippen LogP) is 0.277. The van der Waals surface area contributed by atoms with Crippen LogP contribution >= 0.6 is 0 Å². The van der Waals surface area contributed by atoms with E-state index < -0.39 is 0 Å². The number of hydrogen-bond donors (Lipinski definition) is 0. The Labute approximate surface area is 118 Å². The zero-order valence-corrected chi connectivity index (χ0v) is 12.9. The van der Waals surface area contributed by atoms with Crippen LogP contribution in [0.2, 0.25) is 0 Å². The molecule has 0 atom stereocenters. The number of nitrogens with zero attached hydrogens (tertiary/aromatic N) is 1. The van der Waals surface area contributed by atoms with Crippen LogP contribution in [-0.2, 0) is 6.54 Å². The van der Waals surface area contributed by atoms with Gasteiger partial charge < -0.3 is 24.0 Å². The molecule has 0 radical (unpaired) electrons. The van der Waals surface area contributed by atoms with Gasteiger partial charge in [0.15, 0.2) is 6.54 Å². The zero-order chi connectivity index (χ0) is 10.4. The molecular weight excluding hydrogens is 309 g/mol. The highest BCUT2D eigenvalue weighted by Gasteiger charge is 2.06. The molecule has 1 rings (SSSR count). The Morgan fingerprint density at radius 2 is 1.81 bits per heavy atom. The molecule has 0 amide bonds. The molecule has 0 heterocycles. The highest BCUT2D eigenvalue weighted by molar-refractivity contribution is 5.46. The van der Waals surface area contributed by atoms with Crippen LogP contribution in [0.5, 0.6) is 0 Å². The highest BCUT2D eigenvalue weighted by atomic mass is 127. The molecule has 1 aromatic carbocycles. The monoisotopic (exact) mass is 331 g/mol. The molecule has 16 heavy (non-hydrogen) atoms. The molecule has 0 saturated heterocycles. The largest absolute Gasteiger partial charge is 1.00 e. The first-order valence-corrected chi connectivity index (χ1v) is 5.13. The van der Waals surface area contributed by atoms with Gasteiger partial charge in [0.1, 0.15) is 12.6 Å². The van der Waals surface area contributed by atoms with Crippen LogP contribution in [0.4, 0.5) is 0 Å². The lowest BCUT2D eigenvalue weighted by molar-refractivity contribution is -0.533. The molecule has 0 N–H and O–H groups in total. The summed E-state index contributed by atoms with van der Waals surface area (Å²) in [5, 5.41) is 0. The molecule has 0 aliphatic carbocycles. The van der Waals surface area contributed by atoms with E-state index in [0.717, 1.165) is 13.1 Å². The third-order valence-corrected chi connectivity index (χ3v) is 2.29. The summed E-state index contributed by atoms with van der Waals surface area (Å²) in [5.74, 6) is 0. The first kappa shape index (κ1) is 17.7.